The average Bonchev–Trinajstić information content (AvgIpc) is 3.57. The first-order chi connectivity index (χ1) is 17.3. The summed E-state index contributed by atoms with van der Waals surface area (Å²) in [5.41, 5.74) is 1.78. The highest BCUT2D eigenvalue weighted by Crippen LogP contribution is 2.47. The number of ether oxygens (including phenoxy) is 2. The first-order valence-corrected chi connectivity index (χ1v) is 12.5. The van der Waals surface area contributed by atoms with Gasteiger partial charge in [-0.05, 0) is 36.2 Å². The number of carbonyl (C=O) groups is 3. The maximum atomic E-state index is 13.4. The van der Waals surface area contributed by atoms with Crippen molar-refractivity contribution in [2.24, 2.45) is 0 Å². The van der Waals surface area contributed by atoms with Gasteiger partial charge in [0.2, 0.25) is 16.9 Å². The topological polar surface area (TPSA) is 102 Å². The molecule has 2 aromatic heterocycles. The molecule has 1 atom stereocenters. The molecule has 0 N–H and O–H groups in total. The number of methoxy groups -OCH3 is 1. The number of likely N-dealkylation sites (tertiary alicyclic amines) is 1. The van der Waals surface area contributed by atoms with E-state index in [0.29, 0.717) is 40.5 Å². The van der Waals surface area contributed by atoms with Crippen molar-refractivity contribution in [3.8, 4) is 10.8 Å². The van der Waals surface area contributed by atoms with Gasteiger partial charge in [0.05, 0.1) is 31.5 Å². The van der Waals surface area contributed by atoms with E-state index < -0.39 is 5.97 Å². The number of hydrogen-bond donors (Lipinski definition) is 0. The maximum absolute atomic E-state index is 13.4. The zero-order valence-electron chi connectivity index (χ0n) is 19.7. The Morgan fingerprint density at radius 2 is 2.00 bits per heavy atom. The van der Waals surface area contributed by atoms with Crippen LogP contribution in [0.1, 0.15) is 34.3 Å². The number of fused-ring (bicyclic) bond motifs is 2. The van der Waals surface area contributed by atoms with E-state index in [1.807, 2.05) is 17.0 Å². The van der Waals surface area contributed by atoms with E-state index in [0.717, 1.165) is 17.7 Å². The Balaban J connectivity index is 1.32. The van der Waals surface area contributed by atoms with Crippen molar-refractivity contribution in [1.82, 2.24) is 14.9 Å². The number of benzene rings is 1. The number of carbonyl (C=O) groups excluding carboxylic acids is 3. The molecule has 11 heteroatoms. The molecular weight excluding hydrogens is 504 g/mol. The molecule has 186 valence electrons. The van der Waals surface area contributed by atoms with Crippen molar-refractivity contribution in [2.45, 2.75) is 25.2 Å². The largest absolute Gasteiger partial charge is 0.465 e. The molecule has 2 amide bonds. The van der Waals surface area contributed by atoms with E-state index in [-0.39, 0.29) is 29.2 Å². The fourth-order valence-electron chi connectivity index (χ4n) is 4.82. The third-order valence-corrected chi connectivity index (χ3v) is 7.68. The molecule has 2 aliphatic heterocycles. The minimum atomic E-state index is -0.512. The van der Waals surface area contributed by atoms with Crippen molar-refractivity contribution >= 4 is 46.4 Å². The van der Waals surface area contributed by atoms with E-state index in [1.54, 1.807) is 24.1 Å². The number of thiazole rings is 1. The number of aromatic nitrogens is 2. The minimum absolute atomic E-state index is 0.0304. The second kappa shape index (κ2) is 9.51. The van der Waals surface area contributed by atoms with E-state index in [4.69, 9.17) is 21.1 Å². The molecule has 1 fully saturated rings. The van der Waals surface area contributed by atoms with Gasteiger partial charge >= 0.3 is 5.97 Å². The molecular formula is C25H23ClN4O5S. The molecule has 3 aromatic rings. The summed E-state index contributed by atoms with van der Waals surface area (Å²) in [6, 6.07) is 7.10. The summed E-state index contributed by atoms with van der Waals surface area (Å²) in [5.74, 6) is -0.208. The minimum Gasteiger partial charge on any atom is -0.465 e. The van der Waals surface area contributed by atoms with Gasteiger partial charge in [-0.3, -0.25) is 14.6 Å². The molecule has 1 saturated heterocycles. The van der Waals surface area contributed by atoms with Gasteiger partial charge < -0.3 is 19.3 Å². The second-order valence-corrected chi connectivity index (χ2v) is 10.4. The molecule has 2 aliphatic rings. The molecule has 1 aromatic carbocycles. The van der Waals surface area contributed by atoms with Crippen molar-refractivity contribution in [3.63, 3.8) is 0 Å². The smallest absolute Gasteiger partial charge is 0.339 e. The van der Waals surface area contributed by atoms with Gasteiger partial charge in [-0.25, -0.2) is 9.78 Å². The van der Waals surface area contributed by atoms with Gasteiger partial charge in [-0.15, -0.1) is 0 Å². The predicted octanol–water partition coefficient (Wildman–Crippen LogP) is 3.85. The first kappa shape index (κ1) is 24.2. The number of pyridine rings is 1. The highest BCUT2D eigenvalue weighted by molar-refractivity contribution is 7.13. The predicted molar refractivity (Wildman–Crippen MR) is 134 cm³/mol. The second-order valence-electron chi connectivity index (χ2n) is 8.87. The van der Waals surface area contributed by atoms with Gasteiger partial charge in [-0.2, -0.15) is 0 Å². The Morgan fingerprint density at radius 3 is 2.75 bits per heavy atom. The monoisotopic (exact) mass is 526 g/mol. The number of rotatable bonds is 5. The first-order valence-electron chi connectivity index (χ1n) is 11.3. The van der Waals surface area contributed by atoms with E-state index >= 15 is 0 Å². The van der Waals surface area contributed by atoms with Crippen LogP contribution in [-0.4, -0.2) is 59.4 Å². The lowest BCUT2D eigenvalue weighted by Crippen LogP contribution is -2.40. The van der Waals surface area contributed by atoms with Gasteiger partial charge in [0.15, 0.2) is 0 Å². The summed E-state index contributed by atoms with van der Waals surface area (Å²) in [7, 11) is 1.30. The quantitative estimate of drug-likeness (QED) is 0.465. The van der Waals surface area contributed by atoms with Crippen molar-refractivity contribution in [1.29, 1.82) is 0 Å². The van der Waals surface area contributed by atoms with Crippen LogP contribution >= 0.6 is 22.9 Å². The van der Waals surface area contributed by atoms with Crippen LogP contribution < -0.4 is 9.64 Å². The third-order valence-electron chi connectivity index (χ3n) is 6.57. The molecule has 4 heterocycles. The molecule has 0 radical (unpaired) electrons. The zero-order valence-corrected chi connectivity index (χ0v) is 21.3. The highest BCUT2D eigenvalue weighted by atomic mass is 35.5. The molecule has 0 saturated carbocycles. The van der Waals surface area contributed by atoms with Crippen LogP contribution in [0.4, 0.5) is 5.69 Å². The summed E-state index contributed by atoms with van der Waals surface area (Å²) in [6.45, 7) is 3.28. The Kier molecular flexibility index (Phi) is 6.40. The fourth-order valence-corrected chi connectivity index (χ4v) is 5.77. The number of nitrogens with zero attached hydrogens (tertiary/aromatic N) is 4. The number of amides is 2. The fraction of sp³-hybridized carbons (Fsp3) is 0.320. The highest BCUT2D eigenvalue weighted by Gasteiger charge is 2.49. The van der Waals surface area contributed by atoms with Crippen molar-refractivity contribution < 1.29 is 23.9 Å². The number of hydrogen-bond acceptors (Lipinski definition) is 8. The van der Waals surface area contributed by atoms with E-state index in [9.17, 15) is 14.4 Å². The third kappa shape index (κ3) is 4.54. The van der Waals surface area contributed by atoms with Gasteiger partial charge in [-0.1, -0.05) is 22.9 Å². The van der Waals surface area contributed by atoms with Crippen molar-refractivity contribution in [2.75, 3.05) is 31.6 Å². The number of esters is 1. The standard InChI is InChI=1S/C25H23ClN4O5S/c1-15(31)29-6-5-25(13-29)14-30(20-4-3-17(26)8-19(20)25)22(32)9-21-28-12-23(36-21)35-18-7-16(10-27-11-18)24(33)34-2/h3-4,7-8,10-12H,5-6,9,13-14H2,1-2H3. The maximum Gasteiger partial charge on any atom is 0.339 e. The molecule has 0 aliphatic carbocycles. The summed E-state index contributed by atoms with van der Waals surface area (Å²) >= 11 is 7.56. The average molecular weight is 527 g/mol. The molecule has 36 heavy (non-hydrogen) atoms. The van der Waals surface area contributed by atoms with Crippen LogP contribution in [0, 0.1) is 0 Å². The lowest BCUT2D eigenvalue weighted by atomic mass is 9.81. The lowest BCUT2D eigenvalue weighted by Gasteiger charge is -2.25. The number of halogens is 1. The lowest BCUT2D eigenvalue weighted by molar-refractivity contribution is -0.127. The summed E-state index contributed by atoms with van der Waals surface area (Å²) < 4.78 is 10.5. The van der Waals surface area contributed by atoms with Gasteiger partial charge in [0.1, 0.15) is 10.8 Å². The summed E-state index contributed by atoms with van der Waals surface area (Å²) in [6.07, 6.45) is 5.29. The molecule has 1 unspecified atom stereocenters. The van der Waals surface area contributed by atoms with E-state index in [1.165, 1.54) is 36.9 Å². The van der Waals surface area contributed by atoms with Crippen LogP contribution in [0.15, 0.2) is 42.9 Å². The Labute approximate surface area is 216 Å². The van der Waals surface area contributed by atoms with E-state index in [2.05, 4.69) is 9.97 Å². The summed E-state index contributed by atoms with van der Waals surface area (Å²) in [5, 5.41) is 1.68. The van der Waals surface area contributed by atoms with Crippen LogP contribution in [0.5, 0.6) is 10.8 Å². The van der Waals surface area contributed by atoms with Crippen LogP contribution in [0.3, 0.4) is 0 Å². The Bertz CT molecular complexity index is 1360. The van der Waals surface area contributed by atoms with Gasteiger partial charge in [0.25, 0.3) is 0 Å². The molecule has 5 rings (SSSR count). The van der Waals surface area contributed by atoms with Crippen LogP contribution in [-0.2, 0) is 26.2 Å². The molecule has 9 nitrogen and oxygen atoms in total. The molecule has 1 spiro atoms. The SMILES string of the molecule is COC(=O)c1cncc(Oc2cnc(CC(=O)N3CC4(CCN(C(C)=O)C4)c4cc(Cl)ccc43)s2)c1. The van der Waals surface area contributed by atoms with Crippen LogP contribution in [0.2, 0.25) is 5.02 Å². The summed E-state index contributed by atoms with van der Waals surface area (Å²) in [4.78, 5) is 49.1. The Morgan fingerprint density at radius 1 is 1.17 bits per heavy atom. The Hall–Kier alpha value is -3.50. The number of anilines is 1. The van der Waals surface area contributed by atoms with Gasteiger partial charge in [0, 0.05) is 48.9 Å². The zero-order chi connectivity index (χ0) is 25.4. The van der Waals surface area contributed by atoms with Crippen molar-refractivity contribution in [3.05, 3.63) is 64.0 Å². The normalized spacial score (nSPS) is 18.4. The van der Waals surface area contributed by atoms with Crippen LogP contribution in [0.25, 0.3) is 0 Å². The molecule has 0 bridgehead atoms.